The third-order valence-electron chi connectivity index (χ3n) is 6.09. The quantitative estimate of drug-likeness (QED) is 0.131. The van der Waals surface area contributed by atoms with Gasteiger partial charge in [-0.15, -0.1) is 0 Å². The SMILES string of the molecule is CC1(C)c2cccc(n2)C(C)(C)c2cccc(n2)C(C)(C)c2cccc1n2.F[PH+](F)F.F[PH+](F)F.[CH3-].[W]. The molecule has 0 N–H and O–H groups in total. The molecule has 204 valence electrons. The van der Waals surface area contributed by atoms with E-state index in [0.29, 0.717) is 0 Å². The van der Waals surface area contributed by atoms with Gasteiger partial charge < -0.3 is 7.43 Å². The van der Waals surface area contributed by atoms with Crippen molar-refractivity contribution in [1.82, 2.24) is 15.0 Å². The molecule has 1 aliphatic heterocycles. The first-order valence-corrected chi connectivity index (χ1v) is 13.0. The average molecular weight is 734 g/mol. The Morgan fingerprint density at radius 1 is 0.459 bits per heavy atom. The Morgan fingerprint density at radius 3 is 0.730 bits per heavy atom. The van der Waals surface area contributed by atoms with Crippen LogP contribution >= 0.6 is 17.7 Å². The molecule has 0 unspecified atom stereocenters. The molecule has 0 amide bonds. The summed E-state index contributed by atoms with van der Waals surface area (Å²) in [5.41, 5.74) is 5.37. The summed E-state index contributed by atoms with van der Waals surface area (Å²) in [5.74, 6) is 0. The van der Waals surface area contributed by atoms with Crippen LogP contribution in [0.25, 0.3) is 0 Å². The summed E-state index contributed by atoms with van der Waals surface area (Å²) in [6.45, 7) is 13.2. The maximum atomic E-state index is 9.77. The van der Waals surface area contributed by atoms with Crippen molar-refractivity contribution in [2.24, 2.45) is 0 Å². The molecule has 0 spiro atoms. The van der Waals surface area contributed by atoms with E-state index in [4.69, 9.17) is 15.0 Å². The Labute approximate surface area is 232 Å². The van der Waals surface area contributed by atoms with E-state index in [-0.39, 0.29) is 44.7 Å². The van der Waals surface area contributed by atoms with Gasteiger partial charge in [-0.3, -0.25) is 15.0 Å². The van der Waals surface area contributed by atoms with Gasteiger partial charge in [0.15, 0.2) is 0 Å². The number of nitrogens with zero attached hydrogens (tertiary/aromatic N) is 3. The molecule has 0 fully saturated rings. The van der Waals surface area contributed by atoms with Crippen LogP contribution in [0.2, 0.25) is 0 Å². The largest absolute Gasteiger partial charge is 0.558 e. The molecular formula is C25H32F6N3P2W+. The maximum absolute atomic E-state index is 9.77. The zero-order chi connectivity index (χ0) is 26.6. The number of pyridine rings is 3. The molecule has 0 radical (unpaired) electrons. The fourth-order valence-corrected chi connectivity index (χ4v) is 3.79. The first-order chi connectivity index (χ1) is 16.1. The van der Waals surface area contributed by atoms with E-state index in [1.807, 2.05) is 0 Å². The molecule has 3 aromatic rings. The molecule has 12 heteroatoms. The van der Waals surface area contributed by atoms with Crippen molar-refractivity contribution in [1.29, 1.82) is 0 Å². The molecule has 0 atom stereocenters. The Balaban J connectivity index is 0.00000115. The fourth-order valence-electron chi connectivity index (χ4n) is 3.79. The van der Waals surface area contributed by atoms with Crippen molar-refractivity contribution in [2.45, 2.75) is 57.8 Å². The number of hydrogen-bond acceptors (Lipinski definition) is 3. The average Bonchev–Trinajstić information content (AvgIpc) is 2.78. The van der Waals surface area contributed by atoms with Crippen molar-refractivity contribution in [3.8, 4) is 0 Å². The van der Waals surface area contributed by atoms with Crippen LogP contribution in [0.15, 0.2) is 54.6 Å². The molecular weight excluding hydrogens is 702 g/mol. The second kappa shape index (κ2) is 14.1. The van der Waals surface area contributed by atoms with Crippen LogP contribution in [0, 0.1) is 7.43 Å². The van der Waals surface area contributed by atoms with Crippen LogP contribution in [-0.4, -0.2) is 15.0 Å². The fraction of sp³-hybridized carbons (Fsp3) is 0.360. The maximum Gasteiger partial charge on any atom is 0.558 e. The minimum Gasteiger partial charge on any atom is -0.358 e. The van der Waals surface area contributed by atoms with Crippen LogP contribution in [0.4, 0.5) is 25.2 Å². The molecule has 1 aliphatic rings. The van der Waals surface area contributed by atoms with Crippen LogP contribution < -0.4 is 0 Å². The number of aromatic nitrogens is 3. The van der Waals surface area contributed by atoms with Gasteiger partial charge in [-0.1, -0.05) is 18.2 Å². The standard InChI is InChI=1S/C24H27N3.CH3.2F3HP.W/c1-22(2)16-10-7-12-18(25-16)23(3,4)20-14-9-15-21(27-20)24(5,6)19-13-8-11-17(22)26-19;;2*1-4(2)3;/h7-15H,1-6H3;1H3;2*4H;/q;-1;2*+1;. The second-order valence-corrected chi connectivity index (χ2v) is 10.4. The molecule has 0 aliphatic carbocycles. The normalized spacial score (nSPS) is 15.7. The van der Waals surface area contributed by atoms with Crippen molar-refractivity contribution in [3.05, 3.63) is 96.2 Å². The van der Waals surface area contributed by atoms with E-state index in [1.165, 1.54) is 0 Å². The summed E-state index contributed by atoms with van der Waals surface area (Å²) in [6, 6.07) is 18.9. The van der Waals surface area contributed by atoms with E-state index in [0.717, 1.165) is 34.2 Å². The Bertz CT molecular complexity index is 939. The first kappa shape index (κ1) is 35.6. The Hall–Kier alpha value is -1.42. The molecule has 37 heavy (non-hydrogen) atoms. The molecule has 3 nitrogen and oxygen atoms in total. The minimum absolute atomic E-state index is 0. The third kappa shape index (κ3) is 8.80. The summed E-state index contributed by atoms with van der Waals surface area (Å²) >= 11 is 0. The van der Waals surface area contributed by atoms with E-state index in [9.17, 15) is 25.2 Å². The Kier molecular flexibility index (Phi) is 13.6. The molecule has 0 saturated heterocycles. The summed E-state index contributed by atoms with van der Waals surface area (Å²) in [4.78, 5) is 15.2. The topological polar surface area (TPSA) is 38.7 Å². The molecule has 0 aromatic carbocycles. The van der Waals surface area contributed by atoms with Crippen LogP contribution in [0.1, 0.15) is 75.7 Å². The zero-order valence-corrected chi connectivity index (χ0v) is 26.6. The first-order valence-electron chi connectivity index (χ1n) is 10.7. The van der Waals surface area contributed by atoms with Gasteiger partial charge in [0.05, 0.1) is 34.2 Å². The van der Waals surface area contributed by atoms with Crippen LogP contribution in [-0.2, 0) is 37.3 Å². The predicted octanol–water partition coefficient (Wildman–Crippen LogP) is 9.32. The van der Waals surface area contributed by atoms with Crippen molar-refractivity contribution in [2.75, 3.05) is 0 Å². The van der Waals surface area contributed by atoms with E-state index in [1.54, 1.807) is 0 Å². The van der Waals surface area contributed by atoms with Crippen LogP contribution in [0.5, 0.6) is 0 Å². The van der Waals surface area contributed by atoms with Gasteiger partial charge in [-0.05, 0) is 77.9 Å². The second-order valence-electron chi connectivity index (χ2n) is 9.53. The number of rotatable bonds is 0. The minimum atomic E-state index is -4.38. The number of fused-ring (bicyclic) bond motifs is 6. The van der Waals surface area contributed by atoms with E-state index in [2.05, 4.69) is 96.1 Å². The van der Waals surface area contributed by atoms with Gasteiger partial charge in [0.1, 0.15) is 0 Å². The van der Waals surface area contributed by atoms with Gasteiger partial charge in [0.2, 0.25) is 0 Å². The molecule has 6 bridgehead atoms. The zero-order valence-electron chi connectivity index (χ0n) is 21.7. The van der Waals surface area contributed by atoms with Crippen molar-refractivity contribution >= 4 is 17.7 Å². The van der Waals surface area contributed by atoms with Crippen molar-refractivity contribution in [3.63, 3.8) is 0 Å². The van der Waals surface area contributed by atoms with E-state index >= 15 is 0 Å². The number of hydrogen-bond donors (Lipinski definition) is 0. The van der Waals surface area contributed by atoms with E-state index < -0.39 is 17.7 Å². The third-order valence-corrected chi connectivity index (χ3v) is 6.09. The van der Waals surface area contributed by atoms with Crippen molar-refractivity contribution < 1.29 is 46.2 Å². The Morgan fingerprint density at radius 2 is 0.595 bits per heavy atom. The molecule has 4 heterocycles. The molecule has 3 aromatic heterocycles. The predicted molar refractivity (Wildman–Crippen MR) is 139 cm³/mol. The smallest absolute Gasteiger partial charge is 0.358 e. The van der Waals surface area contributed by atoms with Gasteiger partial charge in [-0.2, -0.15) is 0 Å². The van der Waals surface area contributed by atoms with Crippen LogP contribution in [0.3, 0.4) is 0 Å². The summed E-state index contributed by atoms with van der Waals surface area (Å²) in [7, 11) is -8.76. The molecule has 4 rings (SSSR count). The van der Waals surface area contributed by atoms with Gasteiger partial charge in [0.25, 0.3) is 0 Å². The summed E-state index contributed by atoms with van der Waals surface area (Å²) in [5, 5.41) is 0. The van der Waals surface area contributed by atoms with Gasteiger partial charge in [-0.25, -0.2) is 0 Å². The van der Waals surface area contributed by atoms with Gasteiger partial charge in [0, 0.05) is 62.5 Å². The molecule has 0 saturated carbocycles. The number of halogens is 6. The monoisotopic (exact) mass is 734 g/mol. The summed E-state index contributed by atoms with van der Waals surface area (Å²) in [6.07, 6.45) is 0. The van der Waals surface area contributed by atoms with Gasteiger partial charge >= 0.3 is 17.7 Å². The summed E-state index contributed by atoms with van der Waals surface area (Å²) < 4.78 is 58.6.